The molecular formula is C12H13NO4. The fourth-order valence-corrected chi connectivity index (χ4v) is 1.66. The highest BCUT2D eigenvalue weighted by molar-refractivity contribution is 5.93. The fraction of sp³-hybridized carbons (Fsp3) is 0.333. The Morgan fingerprint density at radius 3 is 2.71 bits per heavy atom. The van der Waals surface area contributed by atoms with Gasteiger partial charge in [-0.25, -0.2) is 9.69 Å². The van der Waals surface area contributed by atoms with E-state index in [0.29, 0.717) is 0 Å². The summed E-state index contributed by atoms with van der Waals surface area (Å²) in [6.07, 6.45) is -1.48. The number of hydrogen-bond donors (Lipinski definition) is 1. The van der Waals surface area contributed by atoms with Crippen LogP contribution in [0.15, 0.2) is 30.3 Å². The van der Waals surface area contributed by atoms with Crippen LogP contribution >= 0.6 is 0 Å². The van der Waals surface area contributed by atoms with Crippen LogP contribution in [0, 0.1) is 0 Å². The maximum Gasteiger partial charge on any atom is 0.416 e. The second-order valence-corrected chi connectivity index (χ2v) is 3.90. The number of hydrogen-bond acceptors (Lipinski definition) is 4. The van der Waals surface area contributed by atoms with Gasteiger partial charge in [0.2, 0.25) is 5.91 Å². The van der Waals surface area contributed by atoms with Gasteiger partial charge in [0, 0.05) is 0 Å². The molecule has 0 aromatic heterocycles. The third-order valence-corrected chi connectivity index (χ3v) is 2.53. The molecule has 1 heterocycles. The number of aliphatic hydroxyl groups excluding tert-OH is 1. The van der Waals surface area contributed by atoms with Crippen LogP contribution in [0.3, 0.4) is 0 Å². The van der Waals surface area contributed by atoms with E-state index in [1.165, 1.54) is 0 Å². The van der Waals surface area contributed by atoms with E-state index in [9.17, 15) is 14.7 Å². The Bertz CT molecular complexity index is 418. The van der Waals surface area contributed by atoms with Crippen molar-refractivity contribution in [2.24, 2.45) is 0 Å². The van der Waals surface area contributed by atoms with E-state index < -0.39 is 18.1 Å². The van der Waals surface area contributed by atoms with Gasteiger partial charge in [-0.3, -0.25) is 4.79 Å². The number of rotatable bonds is 2. The highest BCUT2D eigenvalue weighted by atomic mass is 16.6. The molecule has 1 N–H and O–H groups in total. The lowest BCUT2D eigenvalue weighted by molar-refractivity contribution is -0.126. The summed E-state index contributed by atoms with van der Waals surface area (Å²) in [7, 11) is 0. The summed E-state index contributed by atoms with van der Waals surface area (Å²) in [5.41, 5.74) is 0.855. The van der Waals surface area contributed by atoms with E-state index in [-0.39, 0.29) is 19.6 Å². The van der Waals surface area contributed by atoms with Crippen LogP contribution < -0.4 is 0 Å². The molecule has 1 aromatic rings. The second kappa shape index (κ2) is 4.97. The number of ether oxygens (including phenoxy) is 1. The quantitative estimate of drug-likeness (QED) is 0.827. The largest absolute Gasteiger partial charge is 0.444 e. The van der Waals surface area contributed by atoms with Crippen LogP contribution in [0.5, 0.6) is 0 Å². The summed E-state index contributed by atoms with van der Waals surface area (Å²) in [4.78, 5) is 23.8. The van der Waals surface area contributed by atoms with Crippen molar-refractivity contribution in [1.82, 2.24) is 4.90 Å². The Kier molecular flexibility index (Phi) is 3.39. The molecule has 1 fully saturated rings. The molecule has 5 nitrogen and oxygen atoms in total. The topological polar surface area (TPSA) is 66.8 Å². The Morgan fingerprint density at radius 1 is 1.41 bits per heavy atom. The Labute approximate surface area is 98.6 Å². The Morgan fingerprint density at radius 2 is 2.12 bits per heavy atom. The summed E-state index contributed by atoms with van der Waals surface area (Å²) in [6, 6.07) is 9.20. The van der Waals surface area contributed by atoms with Gasteiger partial charge < -0.3 is 9.84 Å². The van der Waals surface area contributed by atoms with E-state index in [0.717, 1.165) is 10.5 Å². The Hall–Kier alpha value is -1.88. The monoisotopic (exact) mass is 235 g/mol. The van der Waals surface area contributed by atoms with Crippen molar-refractivity contribution in [1.29, 1.82) is 0 Å². The molecule has 90 valence electrons. The third-order valence-electron chi connectivity index (χ3n) is 2.53. The first-order valence-corrected chi connectivity index (χ1v) is 5.36. The lowest BCUT2D eigenvalue weighted by Gasteiger charge is -2.13. The summed E-state index contributed by atoms with van der Waals surface area (Å²) >= 11 is 0. The summed E-state index contributed by atoms with van der Waals surface area (Å²) < 4.78 is 4.99. The molecule has 1 unspecified atom stereocenters. The van der Waals surface area contributed by atoms with Crippen LogP contribution in [0.25, 0.3) is 0 Å². The molecular weight excluding hydrogens is 222 g/mol. The van der Waals surface area contributed by atoms with Crippen LogP contribution in [0.4, 0.5) is 4.79 Å². The van der Waals surface area contributed by atoms with Gasteiger partial charge in [-0.1, -0.05) is 30.3 Å². The van der Waals surface area contributed by atoms with Crippen molar-refractivity contribution in [2.45, 2.75) is 19.1 Å². The zero-order valence-electron chi connectivity index (χ0n) is 9.20. The third kappa shape index (κ3) is 2.82. The first-order valence-electron chi connectivity index (χ1n) is 5.36. The normalized spacial score (nSPS) is 19.5. The fourth-order valence-electron chi connectivity index (χ4n) is 1.66. The molecule has 5 heteroatoms. The number of imide groups is 1. The average Bonchev–Trinajstić information content (AvgIpc) is 2.67. The van der Waals surface area contributed by atoms with Crippen LogP contribution in [-0.2, 0) is 16.1 Å². The van der Waals surface area contributed by atoms with E-state index in [4.69, 9.17) is 4.74 Å². The number of carbonyl (C=O) groups is 2. The standard InChI is InChI=1S/C12H13NO4/c14-10-6-11(15)13(7-10)12(16)17-8-9-4-2-1-3-5-9/h1-5,10,14H,6-8H2. The molecule has 0 saturated carbocycles. The molecule has 1 aliphatic heterocycles. The van der Waals surface area contributed by atoms with Gasteiger partial charge in [0.05, 0.1) is 19.1 Å². The number of likely N-dealkylation sites (tertiary alicyclic amines) is 1. The van der Waals surface area contributed by atoms with Crippen molar-refractivity contribution < 1.29 is 19.4 Å². The summed E-state index contributed by atoms with van der Waals surface area (Å²) in [5.74, 6) is -0.393. The summed E-state index contributed by atoms with van der Waals surface area (Å²) in [5, 5.41) is 9.23. The number of aliphatic hydroxyl groups is 1. The lowest BCUT2D eigenvalue weighted by atomic mass is 10.2. The van der Waals surface area contributed by atoms with Crippen molar-refractivity contribution in [2.75, 3.05) is 6.54 Å². The molecule has 17 heavy (non-hydrogen) atoms. The first-order chi connectivity index (χ1) is 8.16. The Balaban J connectivity index is 1.88. The van der Waals surface area contributed by atoms with Gasteiger partial charge in [-0.15, -0.1) is 0 Å². The van der Waals surface area contributed by atoms with Crippen molar-refractivity contribution in [3.05, 3.63) is 35.9 Å². The number of carbonyl (C=O) groups excluding carboxylic acids is 2. The van der Waals surface area contributed by atoms with Crippen molar-refractivity contribution in [3.63, 3.8) is 0 Å². The molecule has 0 aliphatic carbocycles. The molecule has 2 rings (SSSR count). The minimum absolute atomic E-state index is 0.0135. The molecule has 0 spiro atoms. The highest BCUT2D eigenvalue weighted by Crippen LogP contribution is 2.13. The predicted octanol–water partition coefficient (Wildman–Crippen LogP) is 0.916. The number of β-amino-alcohol motifs (C(OH)–C–C–N with tert-alkyl or cyclic N) is 1. The molecule has 0 radical (unpaired) electrons. The molecule has 1 atom stereocenters. The zero-order chi connectivity index (χ0) is 12.3. The maximum atomic E-state index is 11.5. The molecule has 0 bridgehead atoms. The smallest absolute Gasteiger partial charge is 0.416 e. The van der Waals surface area contributed by atoms with Gasteiger partial charge in [0.15, 0.2) is 0 Å². The minimum Gasteiger partial charge on any atom is -0.444 e. The minimum atomic E-state index is -0.772. The number of amides is 2. The molecule has 1 aromatic carbocycles. The van der Waals surface area contributed by atoms with Gasteiger partial charge in [0.25, 0.3) is 0 Å². The van der Waals surface area contributed by atoms with E-state index in [2.05, 4.69) is 0 Å². The summed E-state index contributed by atoms with van der Waals surface area (Å²) in [6.45, 7) is 0.145. The second-order valence-electron chi connectivity index (χ2n) is 3.90. The molecule has 1 aliphatic rings. The first kappa shape index (κ1) is 11.6. The average molecular weight is 235 g/mol. The predicted molar refractivity (Wildman–Crippen MR) is 59.0 cm³/mol. The van der Waals surface area contributed by atoms with Crippen LogP contribution in [0.2, 0.25) is 0 Å². The van der Waals surface area contributed by atoms with Crippen LogP contribution in [0.1, 0.15) is 12.0 Å². The van der Waals surface area contributed by atoms with Gasteiger partial charge >= 0.3 is 6.09 Å². The SMILES string of the molecule is O=C1CC(O)CN1C(=O)OCc1ccccc1. The van der Waals surface area contributed by atoms with Crippen molar-refractivity contribution >= 4 is 12.0 Å². The maximum absolute atomic E-state index is 11.5. The lowest BCUT2D eigenvalue weighted by Crippen LogP contribution is -2.33. The van der Waals surface area contributed by atoms with Crippen LogP contribution in [-0.4, -0.2) is 34.7 Å². The van der Waals surface area contributed by atoms with E-state index >= 15 is 0 Å². The number of benzene rings is 1. The van der Waals surface area contributed by atoms with Gasteiger partial charge in [-0.05, 0) is 5.56 Å². The molecule has 2 amide bonds. The van der Waals surface area contributed by atoms with E-state index in [1.54, 1.807) is 0 Å². The van der Waals surface area contributed by atoms with E-state index in [1.807, 2.05) is 30.3 Å². The zero-order valence-corrected chi connectivity index (χ0v) is 9.20. The van der Waals surface area contributed by atoms with Gasteiger partial charge in [-0.2, -0.15) is 0 Å². The van der Waals surface area contributed by atoms with Gasteiger partial charge in [0.1, 0.15) is 6.61 Å². The van der Waals surface area contributed by atoms with Crippen molar-refractivity contribution in [3.8, 4) is 0 Å². The highest BCUT2D eigenvalue weighted by Gasteiger charge is 2.33. The molecule has 1 saturated heterocycles. The number of nitrogens with zero attached hydrogens (tertiary/aromatic N) is 1.